The number of carbonyl (C=O) groups excluding carboxylic acids is 2. The smallest absolute Gasteiger partial charge is 0.220 e. The Bertz CT molecular complexity index is 639. The topological polar surface area (TPSA) is 80.3 Å². The van der Waals surface area contributed by atoms with Gasteiger partial charge in [0.1, 0.15) is 5.82 Å². The fourth-order valence-electron chi connectivity index (χ4n) is 2.22. The minimum absolute atomic E-state index is 0.00719. The van der Waals surface area contributed by atoms with Gasteiger partial charge in [0.2, 0.25) is 5.91 Å². The molecule has 0 saturated carbocycles. The first kappa shape index (κ1) is 15.6. The minimum Gasteiger partial charge on any atom is -0.352 e. The lowest BCUT2D eigenvalue weighted by Gasteiger charge is -2.10. The van der Waals surface area contributed by atoms with E-state index in [0.717, 1.165) is 0 Å². The van der Waals surface area contributed by atoms with E-state index in [1.807, 2.05) is 0 Å². The van der Waals surface area contributed by atoms with Crippen LogP contribution in [0.1, 0.15) is 29.6 Å². The van der Waals surface area contributed by atoms with Crippen LogP contribution in [0.2, 0.25) is 0 Å². The highest BCUT2D eigenvalue weighted by Gasteiger charge is 2.28. The summed E-state index contributed by atoms with van der Waals surface area (Å²) in [5.41, 5.74) is 0.354. The number of hydrogen-bond donors (Lipinski definition) is 1. The van der Waals surface area contributed by atoms with Crippen LogP contribution in [0.15, 0.2) is 24.3 Å². The van der Waals surface area contributed by atoms with Gasteiger partial charge in [-0.15, -0.1) is 0 Å². The predicted octanol–water partition coefficient (Wildman–Crippen LogP) is 1.09. The molecule has 1 heterocycles. The van der Waals surface area contributed by atoms with Crippen LogP contribution in [0.5, 0.6) is 0 Å². The van der Waals surface area contributed by atoms with Crippen molar-refractivity contribution in [2.45, 2.75) is 25.3 Å². The number of amides is 1. The van der Waals surface area contributed by atoms with Crippen LogP contribution in [0.3, 0.4) is 0 Å². The van der Waals surface area contributed by atoms with Crippen molar-refractivity contribution in [2.75, 3.05) is 11.5 Å². The van der Waals surface area contributed by atoms with E-state index in [0.29, 0.717) is 12.0 Å². The Hall–Kier alpha value is -1.76. The first-order valence-corrected chi connectivity index (χ1v) is 8.46. The zero-order valence-electron chi connectivity index (χ0n) is 11.3. The van der Waals surface area contributed by atoms with Gasteiger partial charge in [-0.3, -0.25) is 9.59 Å². The van der Waals surface area contributed by atoms with Crippen molar-refractivity contribution < 1.29 is 22.4 Å². The summed E-state index contributed by atoms with van der Waals surface area (Å²) in [6, 6.07) is 4.77. The Morgan fingerprint density at radius 1 is 1.19 bits per heavy atom. The van der Waals surface area contributed by atoms with Crippen LogP contribution in [-0.4, -0.2) is 37.7 Å². The lowest BCUT2D eigenvalue weighted by molar-refractivity contribution is -0.121. The number of hydrogen-bond acceptors (Lipinski definition) is 4. The van der Waals surface area contributed by atoms with E-state index in [1.54, 1.807) is 0 Å². The maximum absolute atomic E-state index is 12.7. The molecule has 0 aliphatic carbocycles. The highest BCUT2D eigenvalue weighted by atomic mass is 32.2. The van der Waals surface area contributed by atoms with Crippen molar-refractivity contribution in [1.82, 2.24) is 5.32 Å². The van der Waals surface area contributed by atoms with Crippen LogP contribution in [0, 0.1) is 5.82 Å². The lowest BCUT2D eigenvalue weighted by Crippen LogP contribution is -2.35. The second-order valence-corrected chi connectivity index (χ2v) is 7.33. The van der Waals surface area contributed by atoms with E-state index in [9.17, 15) is 22.4 Å². The summed E-state index contributed by atoms with van der Waals surface area (Å²) in [5.74, 6) is -0.958. The third-order valence-corrected chi connectivity index (χ3v) is 5.11. The van der Waals surface area contributed by atoms with Crippen molar-refractivity contribution in [3.05, 3.63) is 35.6 Å². The van der Waals surface area contributed by atoms with Crippen LogP contribution in [-0.2, 0) is 14.6 Å². The summed E-state index contributed by atoms with van der Waals surface area (Å²) >= 11 is 0. The quantitative estimate of drug-likeness (QED) is 0.825. The third-order valence-electron chi connectivity index (χ3n) is 3.34. The second kappa shape index (κ2) is 6.34. The van der Waals surface area contributed by atoms with Crippen molar-refractivity contribution in [1.29, 1.82) is 0 Å². The van der Waals surface area contributed by atoms with Gasteiger partial charge in [-0.25, -0.2) is 12.8 Å². The summed E-state index contributed by atoms with van der Waals surface area (Å²) in [7, 11) is -3.04. The molecule has 5 nitrogen and oxygen atoms in total. The molecule has 114 valence electrons. The van der Waals surface area contributed by atoms with E-state index in [2.05, 4.69) is 5.32 Å². The molecule has 1 aromatic carbocycles. The van der Waals surface area contributed by atoms with Crippen LogP contribution < -0.4 is 5.32 Å². The molecule has 0 bridgehead atoms. The molecule has 0 radical (unpaired) electrons. The molecule has 0 unspecified atom stereocenters. The zero-order valence-corrected chi connectivity index (χ0v) is 12.2. The summed E-state index contributed by atoms with van der Waals surface area (Å²) < 4.78 is 35.3. The fraction of sp³-hybridized carbons (Fsp3) is 0.429. The predicted molar refractivity (Wildman–Crippen MR) is 75.2 cm³/mol. The molecule has 1 amide bonds. The number of halogens is 1. The summed E-state index contributed by atoms with van der Waals surface area (Å²) in [5, 5.41) is 2.62. The number of benzene rings is 1. The fourth-order valence-corrected chi connectivity index (χ4v) is 3.89. The van der Waals surface area contributed by atoms with E-state index in [4.69, 9.17) is 0 Å². The highest BCUT2D eigenvalue weighted by Crippen LogP contribution is 2.12. The Balaban J connectivity index is 1.79. The summed E-state index contributed by atoms with van der Waals surface area (Å²) in [6.45, 7) is 0. The van der Waals surface area contributed by atoms with Gasteiger partial charge in [-0.2, -0.15) is 0 Å². The zero-order chi connectivity index (χ0) is 15.5. The Labute approximate surface area is 122 Å². The van der Waals surface area contributed by atoms with Crippen molar-refractivity contribution in [2.24, 2.45) is 0 Å². The molecule has 1 fully saturated rings. The first-order valence-electron chi connectivity index (χ1n) is 6.64. The van der Waals surface area contributed by atoms with E-state index in [-0.39, 0.29) is 42.1 Å². The third kappa shape index (κ3) is 4.63. The molecular weight excluding hydrogens is 297 g/mol. The minimum atomic E-state index is -3.04. The van der Waals surface area contributed by atoms with Gasteiger partial charge in [-0.1, -0.05) is 0 Å². The SMILES string of the molecule is O=C(CCC(=O)c1ccc(F)cc1)N[C@@H]1CCS(=O)(=O)C1. The van der Waals surface area contributed by atoms with E-state index >= 15 is 0 Å². The Morgan fingerprint density at radius 3 is 2.43 bits per heavy atom. The molecule has 1 atom stereocenters. The van der Waals surface area contributed by atoms with E-state index in [1.165, 1.54) is 24.3 Å². The largest absolute Gasteiger partial charge is 0.352 e. The van der Waals surface area contributed by atoms with Crippen molar-refractivity contribution >= 4 is 21.5 Å². The Kier molecular flexibility index (Phi) is 4.72. The first-order chi connectivity index (χ1) is 9.85. The van der Waals surface area contributed by atoms with E-state index < -0.39 is 15.7 Å². The maximum Gasteiger partial charge on any atom is 0.220 e. The van der Waals surface area contributed by atoms with Gasteiger partial charge in [0, 0.05) is 24.4 Å². The molecule has 0 spiro atoms. The van der Waals surface area contributed by atoms with Gasteiger partial charge in [0.05, 0.1) is 11.5 Å². The standard InChI is InChI=1S/C14H16FNO4S/c15-11-3-1-10(2-4-11)13(17)5-6-14(18)16-12-7-8-21(19,20)9-12/h1-4,12H,5-9H2,(H,16,18)/t12-/m1/s1. The average Bonchev–Trinajstić information content (AvgIpc) is 2.76. The number of ketones is 1. The number of rotatable bonds is 5. The summed E-state index contributed by atoms with van der Waals surface area (Å²) in [4.78, 5) is 23.5. The molecule has 2 rings (SSSR count). The van der Waals surface area contributed by atoms with Gasteiger partial charge < -0.3 is 5.32 Å². The maximum atomic E-state index is 12.7. The molecule has 1 aromatic rings. The van der Waals surface area contributed by atoms with Gasteiger partial charge in [0.25, 0.3) is 0 Å². The molecule has 1 aliphatic heterocycles. The molecule has 1 aliphatic rings. The molecule has 21 heavy (non-hydrogen) atoms. The van der Waals surface area contributed by atoms with Gasteiger partial charge in [0.15, 0.2) is 15.6 Å². The number of sulfone groups is 1. The second-order valence-electron chi connectivity index (χ2n) is 5.10. The van der Waals surface area contributed by atoms with Gasteiger partial charge >= 0.3 is 0 Å². The molecular formula is C14H16FNO4S. The molecule has 1 saturated heterocycles. The summed E-state index contributed by atoms with van der Waals surface area (Å²) in [6.07, 6.45) is 0.420. The molecule has 7 heteroatoms. The monoisotopic (exact) mass is 313 g/mol. The van der Waals surface area contributed by atoms with Crippen molar-refractivity contribution in [3.8, 4) is 0 Å². The Morgan fingerprint density at radius 2 is 1.86 bits per heavy atom. The molecule has 0 aromatic heterocycles. The van der Waals surface area contributed by atoms with Crippen LogP contribution in [0.4, 0.5) is 4.39 Å². The normalized spacial score (nSPS) is 20.1. The van der Waals surface area contributed by atoms with Crippen LogP contribution in [0.25, 0.3) is 0 Å². The number of Topliss-reactive ketones (excluding diaryl/α,β-unsaturated/α-hetero) is 1. The average molecular weight is 313 g/mol. The molecule has 1 N–H and O–H groups in total. The van der Waals surface area contributed by atoms with Crippen LogP contribution >= 0.6 is 0 Å². The van der Waals surface area contributed by atoms with Crippen molar-refractivity contribution in [3.63, 3.8) is 0 Å². The number of carbonyl (C=O) groups is 2. The van der Waals surface area contributed by atoms with Gasteiger partial charge in [-0.05, 0) is 30.7 Å². The number of nitrogens with one attached hydrogen (secondary N) is 1. The lowest BCUT2D eigenvalue weighted by atomic mass is 10.1. The highest BCUT2D eigenvalue weighted by molar-refractivity contribution is 7.91.